The Kier molecular flexibility index (Phi) is 8.58. The topological polar surface area (TPSA) is 213 Å². The summed E-state index contributed by atoms with van der Waals surface area (Å²) in [7, 11) is -9.43. The minimum atomic E-state index is -4.80. The SMILES string of the molecule is O=P(O)(O)CP(=O)(O)OC[C@H]1CO[C@@H](n2cnc3c(NCc4ccccc4)nc(N4CCCC4)nc32)[C@H](O)[C@@H]1O. The first-order chi connectivity index (χ1) is 19.0. The van der Waals surface area contributed by atoms with E-state index in [9.17, 15) is 24.2 Å². The van der Waals surface area contributed by atoms with E-state index < -0.39 is 52.1 Å². The van der Waals surface area contributed by atoms with Crippen molar-refractivity contribution in [3.8, 4) is 0 Å². The summed E-state index contributed by atoms with van der Waals surface area (Å²) in [6, 6.07) is 9.80. The largest absolute Gasteiger partial charge is 0.390 e. The number of aromatic nitrogens is 4. The van der Waals surface area contributed by atoms with E-state index in [-0.39, 0.29) is 6.61 Å². The number of benzene rings is 1. The van der Waals surface area contributed by atoms with Crippen molar-refractivity contribution < 1.29 is 43.3 Å². The number of anilines is 2. The number of nitrogens with zero attached hydrogens (tertiary/aromatic N) is 5. The molecule has 2 aliphatic heterocycles. The zero-order chi connectivity index (χ0) is 28.5. The lowest BCUT2D eigenvalue weighted by atomic mass is 9.95. The molecule has 2 saturated heterocycles. The Morgan fingerprint density at radius 3 is 2.48 bits per heavy atom. The molecular weight excluding hydrogens is 566 g/mol. The van der Waals surface area contributed by atoms with Gasteiger partial charge in [-0.05, 0) is 18.4 Å². The van der Waals surface area contributed by atoms with Gasteiger partial charge in [-0.3, -0.25) is 13.7 Å². The molecule has 0 spiro atoms. The molecule has 2 fully saturated rings. The second-order valence-corrected chi connectivity index (χ2v) is 13.9. The Labute approximate surface area is 229 Å². The number of hydrogen-bond donors (Lipinski definition) is 6. The second-order valence-electron chi connectivity index (χ2n) is 9.93. The maximum atomic E-state index is 12.0. The van der Waals surface area contributed by atoms with Crippen LogP contribution in [-0.4, -0.2) is 88.8 Å². The molecule has 0 aliphatic carbocycles. The summed E-state index contributed by atoms with van der Waals surface area (Å²) < 4.78 is 35.3. The third-order valence-corrected chi connectivity index (χ3v) is 10.3. The van der Waals surface area contributed by atoms with Crippen LogP contribution in [0.1, 0.15) is 24.6 Å². The maximum Gasteiger partial charge on any atom is 0.340 e. The molecule has 17 heteroatoms. The summed E-state index contributed by atoms with van der Waals surface area (Å²) in [6.07, 6.45) is -0.548. The van der Waals surface area contributed by atoms with Crippen molar-refractivity contribution in [3.63, 3.8) is 0 Å². The van der Waals surface area contributed by atoms with Crippen LogP contribution in [0.4, 0.5) is 11.8 Å². The number of imidazole rings is 1. The lowest BCUT2D eigenvalue weighted by molar-refractivity contribution is -0.195. The zero-order valence-corrected chi connectivity index (χ0v) is 23.2. The van der Waals surface area contributed by atoms with Crippen LogP contribution in [0.2, 0.25) is 0 Å². The quantitative estimate of drug-likeness (QED) is 0.181. The van der Waals surface area contributed by atoms with Crippen molar-refractivity contribution in [1.29, 1.82) is 0 Å². The number of ether oxygens (including phenoxy) is 1. The molecule has 0 radical (unpaired) electrons. The second kappa shape index (κ2) is 11.8. The van der Waals surface area contributed by atoms with Gasteiger partial charge in [-0.15, -0.1) is 0 Å². The van der Waals surface area contributed by atoms with E-state index in [1.165, 1.54) is 10.9 Å². The molecule has 1 aromatic carbocycles. The van der Waals surface area contributed by atoms with Gasteiger partial charge in [0.05, 0.1) is 25.6 Å². The number of nitrogens with one attached hydrogen (secondary N) is 1. The summed E-state index contributed by atoms with van der Waals surface area (Å²) in [5, 5.41) is 25.1. The van der Waals surface area contributed by atoms with Gasteiger partial charge in [-0.2, -0.15) is 9.97 Å². The standard InChI is InChI=1S/C23H32N6O9P2/c30-18-16(12-38-40(35,36)14-39(32,33)34)11-37-22(19(18)31)29-13-25-17-20(24-10-15-6-2-1-3-7-15)26-23(27-21(17)29)28-8-4-5-9-28/h1-3,6-7,13,16,18-19,22,30-31H,4-5,8-12,14H2,(H,35,36)(H,24,26,27)(H2,32,33,34)/t16-,18-,19-,22-/m1/s1. The van der Waals surface area contributed by atoms with Gasteiger partial charge in [0.25, 0.3) is 0 Å². The highest BCUT2D eigenvalue weighted by atomic mass is 31.2. The average molecular weight is 598 g/mol. The number of rotatable bonds is 10. The lowest BCUT2D eigenvalue weighted by Gasteiger charge is -2.38. The van der Waals surface area contributed by atoms with Crippen LogP contribution < -0.4 is 10.2 Å². The fraction of sp³-hybridized carbons (Fsp3) is 0.522. The van der Waals surface area contributed by atoms with Crippen molar-refractivity contribution in [2.24, 2.45) is 5.92 Å². The molecule has 2 aliphatic rings. The van der Waals surface area contributed by atoms with Crippen LogP contribution in [0.3, 0.4) is 0 Å². The minimum Gasteiger partial charge on any atom is -0.390 e. The Balaban J connectivity index is 1.37. The molecule has 40 heavy (non-hydrogen) atoms. The normalized spacial score (nSPS) is 25.3. The first kappa shape index (κ1) is 29.1. The smallest absolute Gasteiger partial charge is 0.340 e. The Bertz CT molecular complexity index is 1410. The fourth-order valence-corrected chi connectivity index (χ4v) is 7.41. The molecule has 6 N–H and O–H groups in total. The molecule has 5 rings (SSSR count). The zero-order valence-electron chi connectivity index (χ0n) is 21.4. The highest BCUT2D eigenvalue weighted by molar-refractivity contribution is 7.70. The number of aliphatic hydroxyl groups excluding tert-OH is 2. The van der Waals surface area contributed by atoms with Gasteiger partial charge >= 0.3 is 15.2 Å². The molecule has 3 aromatic rings. The molecule has 5 atom stereocenters. The molecule has 2 aromatic heterocycles. The van der Waals surface area contributed by atoms with Crippen molar-refractivity contribution >= 4 is 38.1 Å². The molecule has 218 valence electrons. The van der Waals surface area contributed by atoms with Crippen LogP contribution in [0, 0.1) is 5.92 Å². The molecule has 4 heterocycles. The Morgan fingerprint density at radius 1 is 1.05 bits per heavy atom. The molecular formula is C23H32N6O9P2. The van der Waals surface area contributed by atoms with Crippen LogP contribution in [0.25, 0.3) is 11.2 Å². The monoisotopic (exact) mass is 598 g/mol. The van der Waals surface area contributed by atoms with Gasteiger partial charge in [0.1, 0.15) is 6.10 Å². The number of hydrogen-bond acceptors (Lipinski definition) is 11. The number of fused-ring (bicyclic) bond motifs is 1. The van der Waals surface area contributed by atoms with Gasteiger partial charge < -0.3 is 44.4 Å². The van der Waals surface area contributed by atoms with Crippen molar-refractivity contribution in [2.45, 2.75) is 37.8 Å². The van der Waals surface area contributed by atoms with E-state index in [0.29, 0.717) is 29.5 Å². The third-order valence-electron chi connectivity index (χ3n) is 6.83. The summed E-state index contributed by atoms with van der Waals surface area (Å²) in [5.74, 6) is -1.27. The van der Waals surface area contributed by atoms with E-state index in [1.807, 2.05) is 30.3 Å². The summed E-state index contributed by atoms with van der Waals surface area (Å²) in [6.45, 7) is 1.37. The molecule has 0 saturated carbocycles. The highest BCUT2D eigenvalue weighted by Gasteiger charge is 2.42. The molecule has 15 nitrogen and oxygen atoms in total. The van der Waals surface area contributed by atoms with Gasteiger partial charge in [-0.25, -0.2) is 4.98 Å². The van der Waals surface area contributed by atoms with E-state index >= 15 is 0 Å². The van der Waals surface area contributed by atoms with Crippen LogP contribution in [0.5, 0.6) is 0 Å². The first-order valence-corrected chi connectivity index (χ1v) is 16.3. The van der Waals surface area contributed by atoms with Crippen LogP contribution in [-0.2, 0) is 24.9 Å². The predicted octanol–water partition coefficient (Wildman–Crippen LogP) is 1.24. The van der Waals surface area contributed by atoms with Crippen LogP contribution in [0.15, 0.2) is 36.7 Å². The van der Waals surface area contributed by atoms with Crippen molar-refractivity contribution in [1.82, 2.24) is 19.5 Å². The Hall–Kier alpha value is -2.45. The summed E-state index contributed by atoms with van der Waals surface area (Å²) >= 11 is 0. The predicted molar refractivity (Wildman–Crippen MR) is 144 cm³/mol. The summed E-state index contributed by atoms with van der Waals surface area (Å²) in [5.41, 5.74) is 1.89. The maximum absolute atomic E-state index is 12.0. The fourth-order valence-electron chi connectivity index (χ4n) is 4.80. The van der Waals surface area contributed by atoms with E-state index in [0.717, 1.165) is 31.5 Å². The van der Waals surface area contributed by atoms with Crippen LogP contribution >= 0.6 is 15.2 Å². The summed E-state index contributed by atoms with van der Waals surface area (Å²) in [4.78, 5) is 43.7. The van der Waals surface area contributed by atoms with Gasteiger partial charge in [0.2, 0.25) is 5.95 Å². The van der Waals surface area contributed by atoms with Gasteiger partial charge in [-0.1, -0.05) is 30.3 Å². The minimum absolute atomic E-state index is 0.179. The first-order valence-electron chi connectivity index (χ1n) is 12.8. The highest BCUT2D eigenvalue weighted by Crippen LogP contribution is 2.55. The van der Waals surface area contributed by atoms with E-state index in [2.05, 4.69) is 15.2 Å². The Morgan fingerprint density at radius 2 is 1.77 bits per heavy atom. The van der Waals surface area contributed by atoms with Gasteiger partial charge in [0.15, 0.2) is 29.1 Å². The van der Waals surface area contributed by atoms with Crippen molar-refractivity contribution in [3.05, 3.63) is 42.2 Å². The lowest BCUT2D eigenvalue weighted by Crippen LogP contribution is -2.49. The number of aliphatic hydroxyl groups is 2. The van der Waals surface area contributed by atoms with Gasteiger partial charge in [0, 0.05) is 25.6 Å². The molecule has 1 unspecified atom stereocenters. The van der Waals surface area contributed by atoms with E-state index in [4.69, 9.17) is 29.0 Å². The van der Waals surface area contributed by atoms with Crippen molar-refractivity contribution in [2.75, 3.05) is 42.4 Å². The van der Waals surface area contributed by atoms with E-state index in [1.54, 1.807) is 0 Å². The third kappa shape index (κ3) is 6.71. The molecule has 0 amide bonds. The average Bonchev–Trinajstić information content (AvgIpc) is 3.58. The molecule has 0 bridgehead atoms.